The van der Waals surface area contributed by atoms with Gasteiger partial charge >= 0.3 is 0 Å². The minimum atomic E-state index is -0.405. The molecule has 2 N–H and O–H groups in total. The summed E-state index contributed by atoms with van der Waals surface area (Å²) >= 11 is 0. The van der Waals surface area contributed by atoms with Crippen molar-refractivity contribution < 1.29 is 9.18 Å². The van der Waals surface area contributed by atoms with E-state index in [1.165, 1.54) is 12.1 Å². The van der Waals surface area contributed by atoms with E-state index in [1.54, 1.807) is 43.1 Å². The minimum Gasteiger partial charge on any atom is -0.325 e. The number of anilines is 1. The average molecular weight is 354 g/mol. The first kappa shape index (κ1) is 17.8. The van der Waals surface area contributed by atoms with Crippen LogP contribution in [-0.4, -0.2) is 34.4 Å². The number of fused-ring (bicyclic) bond motifs is 1. The molecule has 0 bridgehead atoms. The summed E-state index contributed by atoms with van der Waals surface area (Å²) in [5.41, 5.74) is 1.63. The van der Waals surface area contributed by atoms with Gasteiger partial charge in [-0.05, 0) is 43.8 Å². The van der Waals surface area contributed by atoms with Gasteiger partial charge in [0.1, 0.15) is 11.6 Å². The van der Waals surface area contributed by atoms with Gasteiger partial charge in [-0.25, -0.2) is 9.37 Å². The molecule has 0 unspecified atom stereocenters. The number of rotatable bonds is 5. The molecule has 0 aliphatic rings. The number of aromatic amines is 1. The van der Waals surface area contributed by atoms with E-state index in [-0.39, 0.29) is 18.0 Å². The number of para-hydroxylation sites is 1. The fraction of sp³-hybridized carbons (Fsp3) is 0.211. The zero-order valence-electron chi connectivity index (χ0n) is 14.5. The van der Waals surface area contributed by atoms with Gasteiger partial charge in [0.25, 0.3) is 5.56 Å². The molecule has 0 radical (unpaired) electrons. The molecule has 0 saturated carbocycles. The number of carbonyl (C=O) groups excluding carboxylic acids is 1. The van der Waals surface area contributed by atoms with Gasteiger partial charge in [-0.3, -0.25) is 14.5 Å². The SMILES string of the molecule is Cc1ccc(F)cc1NC(=O)CN(C)Cc1nc2ccccc2c(=O)[nH]1. The molecule has 1 heterocycles. The molecule has 0 saturated heterocycles. The summed E-state index contributed by atoms with van der Waals surface area (Å²) in [5, 5.41) is 3.22. The predicted octanol–water partition coefficient (Wildman–Crippen LogP) is 2.44. The summed E-state index contributed by atoms with van der Waals surface area (Å²) in [6.07, 6.45) is 0. The number of nitrogens with one attached hydrogen (secondary N) is 2. The molecule has 2 aromatic carbocycles. The molecule has 1 aromatic heterocycles. The highest BCUT2D eigenvalue weighted by Crippen LogP contribution is 2.16. The molecule has 134 valence electrons. The normalized spacial score (nSPS) is 11.1. The number of benzene rings is 2. The number of aromatic nitrogens is 2. The Bertz CT molecular complexity index is 1020. The second kappa shape index (κ2) is 7.45. The van der Waals surface area contributed by atoms with Gasteiger partial charge in [0.05, 0.1) is 24.0 Å². The molecule has 3 rings (SSSR count). The van der Waals surface area contributed by atoms with Gasteiger partial charge in [0.15, 0.2) is 0 Å². The van der Waals surface area contributed by atoms with E-state index in [1.807, 2.05) is 6.07 Å². The third-order valence-corrected chi connectivity index (χ3v) is 3.97. The highest BCUT2D eigenvalue weighted by Gasteiger charge is 2.11. The van der Waals surface area contributed by atoms with Crippen LogP contribution in [0.5, 0.6) is 0 Å². The van der Waals surface area contributed by atoms with Crippen molar-refractivity contribution in [3.05, 3.63) is 70.0 Å². The van der Waals surface area contributed by atoms with E-state index in [2.05, 4.69) is 15.3 Å². The van der Waals surface area contributed by atoms with E-state index in [0.29, 0.717) is 29.0 Å². The summed E-state index contributed by atoms with van der Waals surface area (Å²) in [6, 6.07) is 11.3. The average Bonchev–Trinajstić information content (AvgIpc) is 2.58. The number of nitrogens with zero attached hydrogens (tertiary/aromatic N) is 2. The van der Waals surface area contributed by atoms with Crippen molar-refractivity contribution in [3.63, 3.8) is 0 Å². The largest absolute Gasteiger partial charge is 0.325 e. The van der Waals surface area contributed by atoms with Gasteiger partial charge in [0.2, 0.25) is 5.91 Å². The van der Waals surface area contributed by atoms with Gasteiger partial charge in [-0.15, -0.1) is 0 Å². The Morgan fingerprint density at radius 2 is 2.04 bits per heavy atom. The predicted molar refractivity (Wildman–Crippen MR) is 98.5 cm³/mol. The van der Waals surface area contributed by atoms with Gasteiger partial charge in [0, 0.05) is 5.69 Å². The van der Waals surface area contributed by atoms with Crippen LogP contribution in [0.25, 0.3) is 10.9 Å². The Hall–Kier alpha value is -3.06. The number of aryl methyl sites for hydroxylation is 1. The second-order valence-corrected chi connectivity index (χ2v) is 6.21. The number of amides is 1. The van der Waals surface area contributed by atoms with Crippen LogP contribution in [0.2, 0.25) is 0 Å². The summed E-state index contributed by atoms with van der Waals surface area (Å²) in [7, 11) is 1.74. The third-order valence-electron chi connectivity index (χ3n) is 3.97. The van der Waals surface area contributed by atoms with Crippen LogP contribution in [0, 0.1) is 12.7 Å². The van der Waals surface area contributed by atoms with Crippen LogP contribution in [0.3, 0.4) is 0 Å². The van der Waals surface area contributed by atoms with Crippen molar-refractivity contribution in [1.82, 2.24) is 14.9 Å². The van der Waals surface area contributed by atoms with Crippen LogP contribution in [0.15, 0.2) is 47.3 Å². The lowest BCUT2D eigenvalue weighted by Crippen LogP contribution is -2.31. The quantitative estimate of drug-likeness (QED) is 0.738. The van der Waals surface area contributed by atoms with Crippen molar-refractivity contribution in [3.8, 4) is 0 Å². The minimum absolute atomic E-state index is 0.0759. The fourth-order valence-electron chi connectivity index (χ4n) is 2.69. The van der Waals surface area contributed by atoms with Crippen molar-refractivity contribution >= 4 is 22.5 Å². The summed E-state index contributed by atoms with van der Waals surface area (Å²) < 4.78 is 13.3. The first-order valence-corrected chi connectivity index (χ1v) is 8.15. The fourth-order valence-corrected chi connectivity index (χ4v) is 2.69. The van der Waals surface area contributed by atoms with E-state index in [0.717, 1.165) is 5.56 Å². The maximum atomic E-state index is 13.3. The Morgan fingerprint density at radius 3 is 2.85 bits per heavy atom. The van der Waals surface area contributed by atoms with E-state index >= 15 is 0 Å². The van der Waals surface area contributed by atoms with Gasteiger partial charge in [-0.2, -0.15) is 0 Å². The highest BCUT2D eigenvalue weighted by molar-refractivity contribution is 5.92. The number of carbonyl (C=O) groups is 1. The Balaban J connectivity index is 1.67. The van der Waals surface area contributed by atoms with Crippen molar-refractivity contribution in [2.45, 2.75) is 13.5 Å². The number of H-pyrrole nitrogens is 1. The summed E-state index contributed by atoms with van der Waals surface area (Å²) in [6.45, 7) is 2.17. The lowest BCUT2D eigenvalue weighted by atomic mass is 10.2. The zero-order chi connectivity index (χ0) is 18.7. The van der Waals surface area contributed by atoms with Crippen LogP contribution in [0.1, 0.15) is 11.4 Å². The summed E-state index contributed by atoms with van der Waals surface area (Å²) in [5.74, 6) is -0.201. The standard InChI is InChI=1S/C19H19FN4O2/c1-12-7-8-13(20)9-16(12)22-18(25)11-24(2)10-17-21-15-6-4-3-5-14(15)19(26)23-17/h3-9H,10-11H2,1-2H3,(H,22,25)(H,21,23,26). The second-order valence-electron chi connectivity index (χ2n) is 6.21. The molecule has 0 atom stereocenters. The Kier molecular flexibility index (Phi) is 5.09. The molecule has 3 aromatic rings. The maximum absolute atomic E-state index is 13.3. The third kappa shape index (κ3) is 4.12. The van der Waals surface area contributed by atoms with E-state index < -0.39 is 5.82 Å². The lowest BCUT2D eigenvalue weighted by Gasteiger charge is -2.16. The Morgan fingerprint density at radius 1 is 1.27 bits per heavy atom. The van der Waals surface area contributed by atoms with Gasteiger partial charge in [-0.1, -0.05) is 18.2 Å². The number of hydrogen-bond acceptors (Lipinski definition) is 4. The van der Waals surface area contributed by atoms with Crippen molar-refractivity contribution in [2.24, 2.45) is 0 Å². The molecule has 7 heteroatoms. The smallest absolute Gasteiger partial charge is 0.258 e. The molecule has 0 spiro atoms. The van der Waals surface area contributed by atoms with Crippen molar-refractivity contribution in [1.29, 1.82) is 0 Å². The molecule has 26 heavy (non-hydrogen) atoms. The van der Waals surface area contributed by atoms with Crippen LogP contribution in [-0.2, 0) is 11.3 Å². The molecular weight excluding hydrogens is 335 g/mol. The molecule has 0 aliphatic carbocycles. The monoisotopic (exact) mass is 354 g/mol. The zero-order valence-corrected chi connectivity index (χ0v) is 14.5. The van der Waals surface area contributed by atoms with E-state index in [4.69, 9.17) is 0 Å². The number of halogens is 1. The molecule has 6 nitrogen and oxygen atoms in total. The summed E-state index contributed by atoms with van der Waals surface area (Å²) in [4.78, 5) is 33.1. The first-order chi connectivity index (χ1) is 12.4. The van der Waals surface area contributed by atoms with Crippen LogP contribution < -0.4 is 10.9 Å². The lowest BCUT2D eigenvalue weighted by molar-refractivity contribution is -0.117. The van der Waals surface area contributed by atoms with Gasteiger partial charge < -0.3 is 10.3 Å². The first-order valence-electron chi connectivity index (χ1n) is 8.15. The highest BCUT2D eigenvalue weighted by atomic mass is 19.1. The maximum Gasteiger partial charge on any atom is 0.258 e. The van der Waals surface area contributed by atoms with Crippen LogP contribution in [0.4, 0.5) is 10.1 Å². The topological polar surface area (TPSA) is 78.1 Å². The van der Waals surface area contributed by atoms with E-state index in [9.17, 15) is 14.0 Å². The number of likely N-dealkylation sites (N-methyl/N-ethyl adjacent to an activating group) is 1. The molecule has 0 fully saturated rings. The molecular formula is C19H19FN4O2. The number of hydrogen-bond donors (Lipinski definition) is 2. The molecule has 0 aliphatic heterocycles. The van der Waals surface area contributed by atoms with Crippen molar-refractivity contribution in [2.75, 3.05) is 18.9 Å². The van der Waals surface area contributed by atoms with Crippen LogP contribution >= 0.6 is 0 Å². The Labute approximate surface area is 149 Å². The molecule has 1 amide bonds.